The van der Waals surface area contributed by atoms with E-state index in [9.17, 15) is 13.2 Å². The number of aromatic nitrogens is 2. The number of carbonyl (C=O) groups is 1. The number of rotatable bonds is 7. The molecule has 32 heavy (non-hydrogen) atoms. The van der Waals surface area contributed by atoms with Crippen molar-refractivity contribution in [2.75, 3.05) is 30.0 Å². The Morgan fingerprint density at radius 2 is 1.88 bits per heavy atom. The molecule has 0 bridgehead atoms. The van der Waals surface area contributed by atoms with Crippen molar-refractivity contribution in [1.29, 1.82) is 0 Å². The first kappa shape index (κ1) is 22.7. The largest absolute Gasteiger partial charge is 0.337 e. The second-order valence-corrected chi connectivity index (χ2v) is 10.6. The van der Waals surface area contributed by atoms with E-state index in [0.29, 0.717) is 23.9 Å². The van der Waals surface area contributed by atoms with Gasteiger partial charge in [0.15, 0.2) is 5.16 Å². The monoisotopic (exact) mass is 491 g/mol. The lowest BCUT2D eigenvalue weighted by atomic mass is 10.2. The molecule has 1 fully saturated rings. The Morgan fingerprint density at radius 3 is 2.59 bits per heavy atom. The summed E-state index contributed by atoms with van der Waals surface area (Å²) in [7, 11) is -3.61. The van der Waals surface area contributed by atoms with E-state index in [4.69, 9.17) is 17.4 Å². The van der Waals surface area contributed by atoms with Gasteiger partial charge >= 0.3 is 0 Å². The van der Waals surface area contributed by atoms with E-state index in [1.165, 1.54) is 38.9 Å². The highest BCUT2D eigenvalue weighted by Gasteiger charge is 2.27. The van der Waals surface area contributed by atoms with Gasteiger partial charge in [-0.25, -0.2) is 18.1 Å². The van der Waals surface area contributed by atoms with Gasteiger partial charge in [0.2, 0.25) is 15.9 Å². The third-order valence-corrected chi connectivity index (χ3v) is 8.21. The van der Waals surface area contributed by atoms with Crippen LogP contribution in [0.2, 0.25) is 5.02 Å². The third-order valence-electron chi connectivity index (χ3n) is 5.01. The maximum atomic E-state index is 12.8. The van der Waals surface area contributed by atoms with Crippen LogP contribution < -0.4 is 11.2 Å². The third kappa shape index (κ3) is 4.93. The lowest BCUT2D eigenvalue weighted by molar-refractivity contribution is -0.113. The molecular weight excluding hydrogens is 470 g/mol. The van der Waals surface area contributed by atoms with Crippen molar-refractivity contribution in [3.63, 3.8) is 0 Å². The van der Waals surface area contributed by atoms with Crippen LogP contribution in [-0.4, -0.2) is 47.1 Å². The lowest BCUT2D eigenvalue weighted by Crippen LogP contribution is -2.28. The minimum atomic E-state index is -3.61. The molecular formula is C21H22ClN5O3S2. The van der Waals surface area contributed by atoms with Crippen molar-refractivity contribution >= 4 is 45.0 Å². The van der Waals surface area contributed by atoms with Crippen molar-refractivity contribution < 1.29 is 13.2 Å². The molecule has 0 aliphatic carbocycles. The molecule has 0 spiro atoms. The van der Waals surface area contributed by atoms with E-state index < -0.39 is 10.0 Å². The number of nitrogens with zero attached hydrogens (tertiary/aromatic N) is 3. The average Bonchev–Trinajstić information content (AvgIpc) is 3.45. The molecule has 2 aromatic carbocycles. The summed E-state index contributed by atoms with van der Waals surface area (Å²) in [5, 5.41) is 3.43. The second-order valence-electron chi connectivity index (χ2n) is 7.27. The van der Waals surface area contributed by atoms with E-state index in [2.05, 4.69) is 10.3 Å². The van der Waals surface area contributed by atoms with Crippen LogP contribution in [0.15, 0.2) is 64.8 Å². The summed E-state index contributed by atoms with van der Waals surface area (Å²) >= 11 is 7.37. The minimum absolute atomic E-state index is 0.0296. The summed E-state index contributed by atoms with van der Waals surface area (Å²) in [6, 6.07) is 13.9. The molecule has 1 saturated heterocycles. The summed E-state index contributed by atoms with van der Waals surface area (Å²) in [6.45, 7) is 1.000. The highest BCUT2D eigenvalue weighted by Crippen LogP contribution is 2.29. The highest BCUT2D eigenvalue weighted by atomic mass is 35.5. The molecule has 4 rings (SSSR count). The molecule has 0 unspecified atom stereocenters. The molecule has 0 radical (unpaired) electrons. The normalized spacial score (nSPS) is 14.5. The maximum absolute atomic E-state index is 12.8. The van der Waals surface area contributed by atoms with Crippen LogP contribution in [-0.2, 0) is 14.8 Å². The number of benzene rings is 2. The second kappa shape index (κ2) is 9.53. The topological polar surface area (TPSA) is 110 Å². The molecule has 2 heterocycles. The number of nitrogens with two attached hydrogens (primary N) is 1. The summed E-state index contributed by atoms with van der Waals surface area (Å²) in [6.07, 6.45) is 3.38. The number of hydrogen-bond donors (Lipinski definition) is 2. The fourth-order valence-corrected chi connectivity index (χ4v) is 5.79. The number of hydrogen-bond acceptors (Lipinski definition) is 6. The molecule has 1 aliphatic heterocycles. The van der Waals surface area contributed by atoms with E-state index in [0.717, 1.165) is 18.4 Å². The molecule has 168 valence electrons. The zero-order chi connectivity index (χ0) is 22.7. The molecule has 0 atom stereocenters. The number of carbonyl (C=O) groups excluding carboxylic acids is 1. The lowest BCUT2D eigenvalue weighted by Gasteiger charge is -2.16. The fourth-order valence-electron chi connectivity index (χ4n) is 3.39. The van der Waals surface area contributed by atoms with E-state index in [1.54, 1.807) is 6.20 Å². The quantitative estimate of drug-likeness (QED) is 0.387. The van der Waals surface area contributed by atoms with Crippen molar-refractivity contribution in [3.8, 4) is 11.3 Å². The molecule has 3 N–H and O–H groups in total. The Bertz CT molecular complexity index is 1230. The van der Waals surface area contributed by atoms with E-state index in [-0.39, 0.29) is 27.3 Å². The van der Waals surface area contributed by atoms with Gasteiger partial charge in [0.05, 0.1) is 33.2 Å². The van der Waals surface area contributed by atoms with Gasteiger partial charge in [-0.2, -0.15) is 4.31 Å². The minimum Gasteiger partial charge on any atom is -0.337 e. The predicted octanol–water partition coefficient (Wildman–Crippen LogP) is 3.43. The van der Waals surface area contributed by atoms with Crippen LogP contribution in [0, 0.1) is 0 Å². The molecule has 3 aromatic rings. The molecule has 1 aliphatic rings. The first-order chi connectivity index (χ1) is 15.3. The number of nitrogens with one attached hydrogen (secondary N) is 1. The van der Waals surface area contributed by atoms with Gasteiger partial charge in [0.25, 0.3) is 0 Å². The highest BCUT2D eigenvalue weighted by molar-refractivity contribution is 7.99. The average molecular weight is 492 g/mol. The Balaban J connectivity index is 1.43. The molecule has 0 saturated carbocycles. The number of thioether (sulfide) groups is 1. The Labute approximate surface area is 195 Å². The van der Waals surface area contributed by atoms with Crippen LogP contribution in [0.1, 0.15) is 12.8 Å². The van der Waals surface area contributed by atoms with Crippen molar-refractivity contribution in [2.24, 2.45) is 0 Å². The Hall–Kier alpha value is -2.53. The van der Waals surface area contributed by atoms with Crippen LogP contribution in [0.4, 0.5) is 5.69 Å². The van der Waals surface area contributed by atoms with E-state index in [1.807, 2.05) is 30.3 Å². The SMILES string of the molecule is Nn1cc(-c2ccccc2)nc1SCC(=O)Nc1cc(S(=O)(=O)N2CCCC2)ccc1Cl. The van der Waals surface area contributed by atoms with Gasteiger partial charge in [-0.3, -0.25) is 4.79 Å². The van der Waals surface area contributed by atoms with Crippen molar-refractivity contribution in [2.45, 2.75) is 22.9 Å². The smallest absolute Gasteiger partial charge is 0.243 e. The van der Waals surface area contributed by atoms with Crippen LogP contribution >= 0.6 is 23.4 Å². The van der Waals surface area contributed by atoms with Gasteiger partial charge in [0.1, 0.15) is 0 Å². The van der Waals surface area contributed by atoms with Crippen LogP contribution in [0.3, 0.4) is 0 Å². The summed E-state index contributed by atoms with van der Waals surface area (Å²) in [5.74, 6) is 5.66. The molecule has 1 amide bonds. The first-order valence-electron chi connectivity index (χ1n) is 9.97. The Morgan fingerprint density at radius 1 is 1.16 bits per heavy atom. The van der Waals surface area contributed by atoms with E-state index >= 15 is 0 Å². The number of amides is 1. The Kier molecular flexibility index (Phi) is 6.75. The van der Waals surface area contributed by atoms with Crippen LogP contribution in [0.5, 0.6) is 0 Å². The van der Waals surface area contributed by atoms with Crippen molar-refractivity contribution in [3.05, 3.63) is 59.8 Å². The van der Waals surface area contributed by atoms with Gasteiger partial charge in [-0.1, -0.05) is 53.7 Å². The molecule has 11 heteroatoms. The van der Waals surface area contributed by atoms with Gasteiger partial charge in [-0.05, 0) is 31.0 Å². The zero-order valence-electron chi connectivity index (χ0n) is 17.1. The van der Waals surface area contributed by atoms with Crippen LogP contribution in [0.25, 0.3) is 11.3 Å². The molecule has 8 nitrogen and oxygen atoms in total. The number of halogens is 1. The standard InChI is InChI=1S/C21H22ClN5O3S2/c22-17-9-8-16(32(29,30)26-10-4-5-11-26)12-18(17)24-20(28)14-31-21-25-19(13-27(21)23)15-6-2-1-3-7-15/h1-3,6-9,12-13H,4-5,10-11,14,23H2,(H,24,28). The number of anilines is 1. The number of imidazole rings is 1. The molecule has 1 aromatic heterocycles. The summed E-state index contributed by atoms with van der Waals surface area (Å²) < 4.78 is 28.4. The maximum Gasteiger partial charge on any atom is 0.243 e. The summed E-state index contributed by atoms with van der Waals surface area (Å²) in [5.41, 5.74) is 1.88. The van der Waals surface area contributed by atoms with Gasteiger partial charge < -0.3 is 11.2 Å². The summed E-state index contributed by atoms with van der Waals surface area (Å²) in [4.78, 5) is 17.1. The number of nitrogen functional groups attached to an aromatic ring is 1. The van der Waals surface area contributed by atoms with Gasteiger partial charge in [0, 0.05) is 18.7 Å². The number of sulfonamides is 1. The first-order valence-corrected chi connectivity index (χ1v) is 12.8. The zero-order valence-corrected chi connectivity index (χ0v) is 19.5. The predicted molar refractivity (Wildman–Crippen MR) is 127 cm³/mol. The van der Waals surface area contributed by atoms with Gasteiger partial charge in [-0.15, -0.1) is 0 Å². The van der Waals surface area contributed by atoms with Crippen molar-refractivity contribution in [1.82, 2.24) is 14.0 Å². The fraction of sp³-hybridized carbons (Fsp3) is 0.238.